The third kappa shape index (κ3) is 2.25. The fraction of sp³-hybridized carbons (Fsp3) is 0.250. The molecule has 0 bridgehead atoms. The molecule has 1 aromatic carbocycles. The van der Waals surface area contributed by atoms with Gasteiger partial charge in [-0.3, -0.25) is 0 Å². The second-order valence-corrected chi connectivity index (χ2v) is 3.06. The van der Waals surface area contributed by atoms with Gasteiger partial charge in [-0.1, -0.05) is 36.9 Å². The summed E-state index contributed by atoms with van der Waals surface area (Å²) in [6.45, 7) is 5.37. The van der Waals surface area contributed by atoms with Crippen molar-refractivity contribution in [3.05, 3.63) is 48.6 Å². The van der Waals surface area contributed by atoms with Crippen LogP contribution in [0, 0.1) is 0 Å². The zero-order valence-corrected chi connectivity index (χ0v) is 8.64. The first-order chi connectivity index (χ1) is 7.15. The Labute approximate surface area is 89.0 Å². The second kappa shape index (κ2) is 4.75. The SMILES string of the molecule is C=CC(O)(C(=O)OCC)c1ccccc1. The normalized spacial score (nSPS) is 14.0. The van der Waals surface area contributed by atoms with Crippen molar-refractivity contribution >= 4 is 5.97 Å². The summed E-state index contributed by atoms with van der Waals surface area (Å²) < 4.78 is 4.79. The maximum absolute atomic E-state index is 11.6. The van der Waals surface area contributed by atoms with E-state index in [0.717, 1.165) is 0 Å². The van der Waals surface area contributed by atoms with Gasteiger partial charge in [0.25, 0.3) is 0 Å². The zero-order valence-electron chi connectivity index (χ0n) is 8.64. The van der Waals surface area contributed by atoms with Crippen LogP contribution < -0.4 is 0 Å². The smallest absolute Gasteiger partial charge is 0.347 e. The van der Waals surface area contributed by atoms with E-state index >= 15 is 0 Å². The molecule has 3 heteroatoms. The van der Waals surface area contributed by atoms with E-state index < -0.39 is 11.6 Å². The maximum Gasteiger partial charge on any atom is 0.347 e. The lowest BCUT2D eigenvalue weighted by molar-refractivity contribution is -0.160. The Hall–Kier alpha value is -1.61. The van der Waals surface area contributed by atoms with Crippen molar-refractivity contribution in [3.8, 4) is 0 Å². The first-order valence-electron chi connectivity index (χ1n) is 4.74. The van der Waals surface area contributed by atoms with E-state index in [2.05, 4.69) is 6.58 Å². The van der Waals surface area contributed by atoms with Gasteiger partial charge in [-0.05, 0) is 18.6 Å². The molecule has 0 aliphatic carbocycles. The molecule has 1 atom stereocenters. The lowest BCUT2D eigenvalue weighted by atomic mass is 9.94. The summed E-state index contributed by atoms with van der Waals surface area (Å²) in [7, 11) is 0. The molecule has 0 saturated heterocycles. The molecule has 0 aromatic heterocycles. The van der Waals surface area contributed by atoms with Crippen molar-refractivity contribution < 1.29 is 14.6 Å². The van der Waals surface area contributed by atoms with E-state index in [1.54, 1.807) is 37.3 Å². The van der Waals surface area contributed by atoms with Gasteiger partial charge in [0.05, 0.1) is 6.61 Å². The highest BCUT2D eigenvalue weighted by Gasteiger charge is 2.35. The van der Waals surface area contributed by atoms with Crippen LogP contribution in [0.25, 0.3) is 0 Å². The van der Waals surface area contributed by atoms with Gasteiger partial charge in [-0.2, -0.15) is 0 Å². The Bertz CT molecular complexity index is 345. The Balaban J connectivity index is 3.05. The Morgan fingerprint density at radius 2 is 2.13 bits per heavy atom. The quantitative estimate of drug-likeness (QED) is 0.601. The minimum Gasteiger partial charge on any atom is -0.463 e. The van der Waals surface area contributed by atoms with Crippen LogP contribution in [0.5, 0.6) is 0 Å². The number of hydrogen-bond acceptors (Lipinski definition) is 3. The monoisotopic (exact) mass is 206 g/mol. The van der Waals surface area contributed by atoms with Gasteiger partial charge < -0.3 is 9.84 Å². The molecular weight excluding hydrogens is 192 g/mol. The standard InChI is InChI=1S/C12H14O3/c1-3-12(14,11(13)15-4-2)10-8-6-5-7-9-10/h3,5-9,14H,1,4H2,2H3. The van der Waals surface area contributed by atoms with Crippen molar-refractivity contribution in [1.82, 2.24) is 0 Å². The predicted molar refractivity (Wildman–Crippen MR) is 57.2 cm³/mol. The molecule has 0 heterocycles. The van der Waals surface area contributed by atoms with Crippen LogP contribution in [0.1, 0.15) is 12.5 Å². The maximum atomic E-state index is 11.6. The van der Waals surface area contributed by atoms with E-state index in [-0.39, 0.29) is 6.61 Å². The summed E-state index contributed by atoms with van der Waals surface area (Å²) in [4.78, 5) is 11.6. The van der Waals surface area contributed by atoms with Crippen LogP contribution in [0.4, 0.5) is 0 Å². The fourth-order valence-electron chi connectivity index (χ4n) is 1.25. The summed E-state index contributed by atoms with van der Waals surface area (Å²) in [5, 5.41) is 10.1. The highest BCUT2D eigenvalue weighted by Crippen LogP contribution is 2.23. The van der Waals surface area contributed by atoms with Gasteiger partial charge in [0, 0.05) is 0 Å². The largest absolute Gasteiger partial charge is 0.463 e. The number of benzene rings is 1. The van der Waals surface area contributed by atoms with Crippen LogP contribution in [-0.4, -0.2) is 17.7 Å². The van der Waals surface area contributed by atoms with E-state index in [1.807, 2.05) is 0 Å². The molecule has 80 valence electrons. The van der Waals surface area contributed by atoms with E-state index in [0.29, 0.717) is 5.56 Å². The third-order valence-electron chi connectivity index (χ3n) is 2.10. The summed E-state index contributed by atoms with van der Waals surface area (Å²) in [5.41, 5.74) is -1.30. The van der Waals surface area contributed by atoms with Gasteiger partial charge in [0.2, 0.25) is 5.60 Å². The number of rotatable bonds is 4. The predicted octanol–water partition coefficient (Wildman–Crippen LogP) is 1.62. The topological polar surface area (TPSA) is 46.5 Å². The number of esters is 1. The van der Waals surface area contributed by atoms with Crippen LogP contribution in [-0.2, 0) is 15.1 Å². The molecular formula is C12H14O3. The first-order valence-corrected chi connectivity index (χ1v) is 4.74. The molecule has 0 radical (unpaired) electrons. The van der Waals surface area contributed by atoms with Gasteiger partial charge in [-0.25, -0.2) is 4.79 Å². The Kier molecular flexibility index (Phi) is 3.63. The van der Waals surface area contributed by atoms with Gasteiger partial charge in [-0.15, -0.1) is 0 Å². The van der Waals surface area contributed by atoms with E-state index in [4.69, 9.17) is 4.74 Å². The van der Waals surface area contributed by atoms with Crippen molar-refractivity contribution in [3.63, 3.8) is 0 Å². The molecule has 0 amide bonds. The minimum absolute atomic E-state index is 0.224. The first kappa shape index (κ1) is 11.5. The zero-order chi connectivity index (χ0) is 11.3. The summed E-state index contributed by atoms with van der Waals surface area (Å²) >= 11 is 0. The van der Waals surface area contributed by atoms with Crippen LogP contribution in [0.2, 0.25) is 0 Å². The van der Waals surface area contributed by atoms with Crippen molar-refractivity contribution in [2.24, 2.45) is 0 Å². The highest BCUT2D eigenvalue weighted by molar-refractivity contribution is 5.83. The minimum atomic E-state index is -1.75. The van der Waals surface area contributed by atoms with Crippen molar-refractivity contribution in [2.75, 3.05) is 6.61 Å². The van der Waals surface area contributed by atoms with Crippen LogP contribution >= 0.6 is 0 Å². The molecule has 1 rings (SSSR count). The molecule has 1 N–H and O–H groups in total. The number of carbonyl (C=O) groups is 1. The fourth-order valence-corrected chi connectivity index (χ4v) is 1.25. The lowest BCUT2D eigenvalue weighted by Gasteiger charge is -2.22. The van der Waals surface area contributed by atoms with Crippen LogP contribution in [0.15, 0.2) is 43.0 Å². The molecule has 0 aliphatic rings. The summed E-state index contributed by atoms with van der Waals surface area (Å²) in [6.07, 6.45) is 1.18. The van der Waals surface area contributed by atoms with Crippen molar-refractivity contribution in [2.45, 2.75) is 12.5 Å². The van der Waals surface area contributed by atoms with Gasteiger partial charge >= 0.3 is 5.97 Å². The number of ether oxygens (including phenoxy) is 1. The molecule has 3 nitrogen and oxygen atoms in total. The van der Waals surface area contributed by atoms with Crippen molar-refractivity contribution in [1.29, 1.82) is 0 Å². The molecule has 1 aromatic rings. The number of aliphatic hydroxyl groups is 1. The molecule has 1 unspecified atom stereocenters. The summed E-state index contributed by atoms with van der Waals surface area (Å²) in [5.74, 6) is -0.703. The number of carbonyl (C=O) groups excluding carboxylic acids is 1. The Morgan fingerprint density at radius 1 is 1.53 bits per heavy atom. The molecule has 0 aliphatic heterocycles. The Morgan fingerprint density at radius 3 is 2.60 bits per heavy atom. The summed E-state index contributed by atoms with van der Waals surface area (Å²) in [6, 6.07) is 8.58. The van der Waals surface area contributed by atoms with Gasteiger partial charge in [0.1, 0.15) is 0 Å². The molecule has 0 saturated carbocycles. The average molecular weight is 206 g/mol. The molecule has 0 spiro atoms. The van der Waals surface area contributed by atoms with Crippen LogP contribution in [0.3, 0.4) is 0 Å². The second-order valence-electron chi connectivity index (χ2n) is 3.06. The average Bonchev–Trinajstić information content (AvgIpc) is 2.29. The van der Waals surface area contributed by atoms with E-state index in [9.17, 15) is 9.90 Å². The third-order valence-corrected chi connectivity index (χ3v) is 2.10. The number of hydrogen-bond donors (Lipinski definition) is 1. The highest BCUT2D eigenvalue weighted by atomic mass is 16.5. The van der Waals surface area contributed by atoms with Gasteiger partial charge in [0.15, 0.2) is 0 Å². The molecule has 0 fully saturated rings. The lowest BCUT2D eigenvalue weighted by Crippen LogP contribution is -2.35. The molecule has 15 heavy (non-hydrogen) atoms. The van der Waals surface area contributed by atoms with E-state index in [1.165, 1.54) is 6.08 Å².